The van der Waals surface area contributed by atoms with Crippen LogP contribution in [-0.4, -0.2) is 5.24 Å². The van der Waals surface area contributed by atoms with E-state index in [-0.39, 0.29) is 17.7 Å². The molecule has 0 aliphatic heterocycles. The summed E-state index contributed by atoms with van der Waals surface area (Å²) in [5.74, 6) is -0.333. The summed E-state index contributed by atoms with van der Waals surface area (Å²) < 4.78 is 13.7. The summed E-state index contributed by atoms with van der Waals surface area (Å²) in [6.07, 6.45) is 0. The van der Waals surface area contributed by atoms with Gasteiger partial charge in [-0.1, -0.05) is 34.6 Å². The SMILES string of the molecule is CC(C)c1cc(F)cc(C(C)C)c1C(C)C(=O)Cl. The molecule has 3 heteroatoms. The lowest BCUT2D eigenvalue weighted by Crippen LogP contribution is -2.12. The molecule has 0 fully saturated rings. The van der Waals surface area contributed by atoms with E-state index < -0.39 is 11.2 Å². The van der Waals surface area contributed by atoms with Crippen molar-refractivity contribution in [3.63, 3.8) is 0 Å². The van der Waals surface area contributed by atoms with E-state index in [1.54, 1.807) is 6.92 Å². The molecule has 0 aliphatic rings. The summed E-state index contributed by atoms with van der Waals surface area (Å²) in [5.41, 5.74) is 2.64. The largest absolute Gasteiger partial charge is 0.281 e. The highest BCUT2D eigenvalue weighted by molar-refractivity contribution is 6.64. The van der Waals surface area contributed by atoms with Gasteiger partial charge in [-0.3, -0.25) is 4.79 Å². The van der Waals surface area contributed by atoms with Crippen LogP contribution in [0.15, 0.2) is 12.1 Å². The van der Waals surface area contributed by atoms with Crippen LogP contribution in [0.1, 0.15) is 69.1 Å². The van der Waals surface area contributed by atoms with Crippen molar-refractivity contribution < 1.29 is 9.18 Å². The Labute approximate surface area is 113 Å². The molecule has 0 aromatic heterocycles. The molecular formula is C15H20ClFO. The fourth-order valence-corrected chi connectivity index (χ4v) is 2.34. The Balaban J connectivity index is 3.55. The van der Waals surface area contributed by atoms with Crippen LogP contribution in [0.2, 0.25) is 0 Å². The number of carbonyl (C=O) groups excluding carboxylic acids is 1. The van der Waals surface area contributed by atoms with E-state index in [0.29, 0.717) is 0 Å². The van der Waals surface area contributed by atoms with Crippen molar-refractivity contribution in [3.8, 4) is 0 Å². The van der Waals surface area contributed by atoms with Crippen molar-refractivity contribution in [2.75, 3.05) is 0 Å². The summed E-state index contributed by atoms with van der Waals surface area (Å²) in [4.78, 5) is 11.5. The standard InChI is InChI=1S/C15H20ClFO/c1-8(2)12-6-11(17)7-13(9(3)4)14(12)10(5)15(16)18/h6-10H,1-5H3. The van der Waals surface area contributed by atoms with Crippen LogP contribution in [0.3, 0.4) is 0 Å². The minimum atomic E-state index is -0.401. The van der Waals surface area contributed by atoms with E-state index in [1.807, 2.05) is 27.7 Å². The molecule has 0 aliphatic carbocycles. The smallest absolute Gasteiger partial charge is 0.228 e. The Hall–Kier alpha value is -0.890. The van der Waals surface area contributed by atoms with Crippen LogP contribution < -0.4 is 0 Å². The number of hydrogen-bond donors (Lipinski definition) is 0. The Kier molecular flexibility index (Phi) is 4.92. The van der Waals surface area contributed by atoms with Gasteiger partial charge in [0.1, 0.15) is 5.82 Å². The second kappa shape index (κ2) is 5.83. The maximum Gasteiger partial charge on any atom is 0.228 e. The number of carbonyl (C=O) groups is 1. The molecule has 18 heavy (non-hydrogen) atoms. The molecule has 0 amide bonds. The third-order valence-corrected chi connectivity index (χ3v) is 3.55. The van der Waals surface area contributed by atoms with Crippen LogP contribution in [0.25, 0.3) is 0 Å². The Morgan fingerprint density at radius 3 is 1.72 bits per heavy atom. The first-order valence-corrected chi connectivity index (χ1v) is 6.66. The summed E-state index contributed by atoms with van der Waals surface area (Å²) in [5, 5.41) is -0.398. The topological polar surface area (TPSA) is 17.1 Å². The normalized spacial score (nSPS) is 13.2. The van der Waals surface area contributed by atoms with Gasteiger partial charge in [0.05, 0.1) is 5.92 Å². The number of benzene rings is 1. The Bertz CT molecular complexity index is 423. The first-order chi connectivity index (χ1) is 8.25. The molecule has 1 atom stereocenters. The van der Waals surface area contributed by atoms with E-state index in [0.717, 1.165) is 16.7 Å². The second-order valence-electron chi connectivity index (χ2n) is 5.33. The fourth-order valence-electron chi connectivity index (χ4n) is 2.23. The average Bonchev–Trinajstić information content (AvgIpc) is 2.26. The molecule has 0 heterocycles. The number of hydrogen-bond acceptors (Lipinski definition) is 1. The van der Waals surface area contributed by atoms with E-state index in [1.165, 1.54) is 12.1 Å². The van der Waals surface area contributed by atoms with Crippen molar-refractivity contribution in [2.24, 2.45) is 0 Å². The van der Waals surface area contributed by atoms with E-state index in [9.17, 15) is 9.18 Å². The molecule has 0 radical (unpaired) electrons. The Morgan fingerprint density at radius 2 is 1.44 bits per heavy atom. The van der Waals surface area contributed by atoms with Crippen molar-refractivity contribution in [3.05, 3.63) is 34.6 Å². The van der Waals surface area contributed by atoms with Crippen LogP contribution in [0.4, 0.5) is 4.39 Å². The van der Waals surface area contributed by atoms with Crippen molar-refractivity contribution in [1.82, 2.24) is 0 Å². The molecule has 100 valence electrons. The van der Waals surface area contributed by atoms with Crippen LogP contribution in [-0.2, 0) is 4.79 Å². The van der Waals surface area contributed by atoms with Crippen molar-refractivity contribution in [2.45, 2.75) is 52.4 Å². The predicted molar refractivity (Wildman–Crippen MR) is 73.9 cm³/mol. The first kappa shape index (κ1) is 15.2. The molecule has 1 rings (SSSR count). The third-order valence-electron chi connectivity index (χ3n) is 3.23. The van der Waals surface area contributed by atoms with Gasteiger partial charge in [0.25, 0.3) is 0 Å². The number of rotatable bonds is 4. The summed E-state index contributed by atoms with van der Waals surface area (Å²) in [6.45, 7) is 9.75. The lowest BCUT2D eigenvalue weighted by atomic mass is 9.83. The molecule has 1 unspecified atom stereocenters. The highest BCUT2D eigenvalue weighted by Gasteiger charge is 2.23. The highest BCUT2D eigenvalue weighted by Crippen LogP contribution is 2.35. The van der Waals surface area contributed by atoms with E-state index in [2.05, 4.69) is 0 Å². The zero-order valence-corrected chi connectivity index (χ0v) is 12.3. The molecule has 0 saturated heterocycles. The summed E-state index contributed by atoms with van der Waals surface area (Å²) >= 11 is 5.62. The van der Waals surface area contributed by atoms with Gasteiger partial charge in [0.2, 0.25) is 5.24 Å². The van der Waals surface area contributed by atoms with Gasteiger partial charge < -0.3 is 0 Å². The number of halogens is 2. The van der Waals surface area contributed by atoms with E-state index in [4.69, 9.17) is 11.6 Å². The zero-order valence-electron chi connectivity index (χ0n) is 11.6. The molecule has 0 saturated carbocycles. The average molecular weight is 271 g/mol. The minimum absolute atomic E-state index is 0.159. The molecule has 1 aromatic rings. The monoisotopic (exact) mass is 270 g/mol. The molecule has 1 nitrogen and oxygen atoms in total. The minimum Gasteiger partial charge on any atom is -0.281 e. The predicted octanol–water partition coefficient (Wildman–Crippen LogP) is 4.94. The van der Waals surface area contributed by atoms with Crippen LogP contribution in [0.5, 0.6) is 0 Å². The van der Waals surface area contributed by atoms with Gasteiger partial charge in [-0.05, 0) is 52.3 Å². The first-order valence-electron chi connectivity index (χ1n) is 6.28. The molecule has 0 spiro atoms. The van der Waals surface area contributed by atoms with Crippen LogP contribution >= 0.6 is 11.6 Å². The molecule has 0 N–H and O–H groups in total. The zero-order chi connectivity index (χ0) is 14.0. The second-order valence-corrected chi connectivity index (χ2v) is 5.71. The van der Waals surface area contributed by atoms with Gasteiger partial charge in [-0.25, -0.2) is 4.39 Å². The van der Waals surface area contributed by atoms with Gasteiger partial charge in [0.15, 0.2) is 0 Å². The fraction of sp³-hybridized carbons (Fsp3) is 0.533. The maximum atomic E-state index is 13.7. The van der Waals surface area contributed by atoms with Gasteiger partial charge in [-0.2, -0.15) is 0 Å². The lowest BCUT2D eigenvalue weighted by molar-refractivity contribution is -0.112. The molecule has 0 bridgehead atoms. The van der Waals surface area contributed by atoms with Crippen molar-refractivity contribution >= 4 is 16.8 Å². The summed E-state index contributed by atoms with van der Waals surface area (Å²) in [6, 6.07) is 3.03. The maximum absolute atomic E-state index is 13.7. The van der Waals surface area contributed by atoms with Gasteiger partial charge in [0, 0.05) is 0 Å². The third kappa shape index (κ3) is 3.11. The van der Waals surface area contributed by atoms with E-state index >= 15 is 0 Å². The molecular weight excluding hydrogens is 251 g/mol. The molecule has 1 aromatic carbocycles. The van der Waals surface area contributed by atoms with Crippen LogP contribution in [0, 0.1) is 5.82 Å². The summed E-state index contributed by atoms with van der Waals surface area (Å²) in [7, 11) is 0. The van der Waals surface area contributed by atoms with Crippen molar-refractivity contribution in [1.29, 1.82) is 0 Å². The highest BCUT2D eigenvalue weighted by atomic mass is 35.5. The lowest BCUT2D eigenvalue weighted by Gasteiger charge is -2.22. The van der Waals surface area contributed by atoms with Gasteiger partial charge >= 0.3 is 0 Å². The van der Waals surface area contributed by atoms with Gasteiger partial charge in [-0.15, -0.1) is 0 Å². The quantitative estimate of drug-likeness (QED) is 0.708. The Morgan fingerprint density at radius 1 is 1.06 bits per heavy atom.